The number of nitrogens with one attached hydrogen (secondary N) is 2. The van der Waals surface area contributed by atoms with Gasteiger partial charge in [-0.1, -0.05) is 0 Å². The minimum absolute atomic E-state index is 0.0279. The van der Waals surface area contributed by atoms with Crippen LogP contribution in [0.2, 0.25) is 0 Å². The molecule has 190 valence electrons. The topological polar surface area (TPSA) is 128 Å². The van der Waals surface area contributed by atoms with Gasteiger partial charge in [-0.3, -0.25) is 9.59 Å². The number of hydrogen-bond acceptors (Lipinski definition) is 8. The van der Waals surface area contributed by atoms with Crippen molar-refractivity contribution in [3.63, 3.8) is 0 Å². The number of methoxy groups -OCH3 is 1. The van der Waals surface area contributed by atoms with Gasteiger partial charge >= 0.3 is 5.97 Å². The first-order chi connectivity index (χ1) is 17.4. The number of nitriles is 1. The number of likely N-dealkylation sites (tertiary alicyclic amines) is 2. The molecular formula is C26H31N5O5. The van der Waals surface area contributed by atoms with Gasteiger partial charge in [0.2, 0.25) is 11.8 Å². The summed E-state index contributed by atoms with van der Waals surface area (Å²) < 4.78 is 10.5. The molecule has 0 spiro atoms. The van der Waals surface area contributed by atoms with Crippen LogP contribution in [-0.2, 0) is 19.1 Å². The fraction of sp³-hybridized carbons (Fsp3) is 0.462. The second-order valence-electron chi connectivity index (χ2n) is 9.13. The Balaban J connectivity index is 1.58. The fourth-order valence-corrected chi connectivity index (χ4v) is 4.66. The van der Waals surface area contributed by atoms with E-state index >= 15 is 0 Å². The number of esters is 1. The molecule has 0 bridgehead atoms. The third-order valence-corrected chi connectivity index (χ3v) is 6.55. The first-order valence-electron chi connectivity index (χ1n) is 12.2. The highest BCUT2D eigenvalue weighted by Crippen LogP contribution is 2.24. The highest BCUT2D eigenvalue weighted by atomic mass is 16.5. The lowest BCUT2D eigenvalue weighted by atomic mass is 10.1. The summed E-state index contributed by atoms with van der Waals surface area (Å²) in [5.74, 6) is -0.290. The lowest BCUT2D eigenvalue weighted by Crippen LogP contribution is -2.49. The van der Waals surface area contributed by atoms with Crippen molar-refractivity contribution in [3.05, 3.63) is 41.4 Å². The fourth-order valence-electron chi connectivity index (χ4n) is 4.66. The molecule has 2 aromatic rings. The molecule has 36 heavy (non-hydrogen) atoms. The average Bonchev–Trinajstić information content (AvgIpc) is 3.50. The summed E-state index contributed by atoms with van der Waals surface area (Å²) in [7, 11) is 1.19. The van der Waals surface area contributed by atoms with Gasteiger partial charge in [0.1, 0.15) is 29.3 Å². The number of furan rings is 1. The van der Waals surface area contributed by atoms with Gasteiger partial charge in [0.15, 0.2) is 5.57 Å². The highest BCUT2D eigenvalue weighted by molar-refractivity contribution is 5.95. The molecule has 10 nitrogen and oxygen atoms in total. The van der Waals surface area contributed by atoms with Crippen LogP contribution < -0.4 is 10.6 Å². The van der Waals surface area contributed by atoms with Gasteiger partial charge in [-0.25, -0.2) is 4.79 Å². The maximum atomic E-state index is 13.4. The van der Waals surface area contributed by atoms with Crippen LogP contribution in [0.4, 0.5) is 5.69 Å². The Morgan fingerprint density at radius 2 is 1.92 bits per heavy atom. The number of nitrogens with zero attached hydrogens (tertiary/aromatic N) is 3. The second-order valence-corrected chi connectivity index (χ2v) is 9.13. The molecule has 2 amide bonds. The van der Waals surface area contributed by atoms with Crippen molar-refractivity contribution < 1.29 is 23.5 Å². The van der Waals surface area contributed by atoms with Crippen LogP contribution in [0.1, 0.15) is 37.9 Å². The number of hydrogen-bond donors (Lipinski definition) is 2. The van der Waals surface area contributed by atoms with Gasteiger partial charge in [-0.2, -0.15) is 5.26 Å². The molecular weight excluding hydrogens is 462 g/mol. The smallest absolute Gasteiger partial charge is 0.352 e. The molecule has 2 aliphatic rings. The molecule has 2 saturated heterocycles. The van der Waals surface area contributed by atoms with E-state index in [-0.39, 0.29) is 29.8 Å². The molecule has 10 heteroatoms. The van der Waals surface area contributed by atoms with E-state index in [1.54, 1.807) is 21.9 Å². The van der Waals surface area contributed by atoms with Crippen LogP contribution in [0.25, 0.3) is 11.0 Å². The van der Waals surface area contributed by atoms with Gasteiger partial charge in [0.05, 0.1) is 13.7 Å². The standard InChI is InChI=1S/C26H31N5O5/c1-17-13-18-8-9-19(14-22(18)36-17)28-24(20(15-27)26(34)35-2)29-21-7-3-4-12-31(25(21)33)16-23(32)30-10-5-6-11-30/h8-9,13-14,21,28-29H,3-7,10-12,16H2,1-2H3/t21-/m0/s1. The Labute approximate surface area is 209 Å². The van der Waals surface area contributed by atoms with Gasteiger partial charge in [0.25, 0.3) is 0 Å². The van der Waals surface area contributed by atoms with E-state index in [1.807, 2.05) is 25.1 Å². The quantitative estimate of drug-likeness (QED) is 0.342. The first-order valence-corrected chi connectivity index (χ1v) is 12.2. The summed E-state index contributed by atoms with van der Waals surface area (Å²) in [5, 5.41) is 16.8. The zero-order chi connectivity index (χ0) is 25.7. The number of benzene rings is 1. The van der Waals surface area contributed by atoms with Crippen LogP contribution in [0.15, 0.2) is 40.1 Å². The second kappa shape index (κ2) is 11.2. The average molecular weight is 494 g/mol. The van der Waals surface area contributed by atoms with Crippen LogP contribution in [0, 0.1) is 18.3 Å². The van der Waals surface area contributed by atoms with Crippen LogP contribution in [0.5, 0.6) is 0 Å². The Morgan fingerprint density at radius 1 is 1.17 bits per heavy atom. The number of carbonyl (C=O) groups excluding carboxylic acids is 3. The van der Waals surface area contributed by atoms with E-state index in [1.165, 1.54) is 7.11 Å². The van der Waals surface area contributed by atoms with Gasteiger partial charge in [-0.15, -0.1) is 0 Å². The van der Waals surface area contributed by atoms with Gasteiger partial charge < -0.3 is 29.6 Å². The van der Waals surface area contributed by atoms with Gasteiger partial charge in [0, 0.05) is 36.8 Å². The zero-order valence-corrected chi connectivity index (χ0v) is 20.6. The summed E-state index contributed by atoms with van der Waals surface area (Å²) in [6.45, 7) is 3.82. The van der Waals surface area contributed by atoms with Crippen molar-refractivity contribution in [1.82, 2.24) is 15.1 Å². The number of rotatable bonds is 7. The van der Waals surface area contributed by atoms with Crippen molar-refractivity contribution in [2.75, 3.05) is 38.6 Å². The lowest BCUT2D eigenvalue weighted by Gasteiger charge is -2.28. The number of anilines is 1. The molecule has 0 aliphatic carbocycles. The maximum Gasteiger partial charge on any atom is 0.352 e. The Hall–Kier alpha value is -4.00. The number of fused-ring (bicyclic) bond motifs is 1. The Bertz CT molecular complexity index is 1220. The molecule has 0 radical (unpaired) electrons. The molecule has 0 unspecified atom stereocenters. The molecule has 1 aromatic carbocycles. The molecule has 0 saturated carbocycles. The summed E-state index contributed by atoms with van der Waals surface area (Å²) in [4.78, 5) is 41.9. The predicted molar refractivity (Wildman–Crippen MR) is 132 cm³/mol. The monoisotopic (exact) mass is 493 g/mol. The Morgan fingerprint density at radius 3 is 2.64 bits per heavy atom. The predicted octanol–water partition coefficient (Wildman–Crippen LogP) is 2.65. The molecule has 2 fully saturated rings. The largest absolute Gasteiger partial charge is 0.465 e. The Kier molecular flexibility index (Phi) is 7.78. The molecule has 1 aromatic heterocycles. The van der Waals surface area contributed by atoms with Crippen molar-refractivity contribution >= 4 is 34.4 Å². The molecule has 1 atom stereocenters. The van der Waals surface area contributed by atoms with Crippen molar-refractivity contribution in [2.24, 2.45) is 0 Å². The normalized spacial score (nSPS) is 18.9. The van der Waals surface area contributed by atoms with E-state index < -0.39 is 12.0 Å². The first kappa shape index (κ1) is 25.1. The summed E-state index contributed by atoms with van der Waals surface area (Å²) >= 11 is 0. The van der Waals surface area contributed by atoms with Crippen molar-refractivity contribution in [1.29, 1.82) is 5.26 Å². The van der Waals surface area contributed by atoms with Crippen LogP contribution in [-0.4, -0.2) is 66.9 Å². The molecule has 2 aliphatic heterocycles. The van der Waals surface area contributed by atoms with Crippen LogP contribution in [0.3, 0.4) is 0 Å². The summed E-state index contributed by atoms with van der Waals surface area (Å²) in [6.07, 6.45) is 3.98. The van der Waals surface area contributed by atoms with Crippen molar-refractivity contribution in [2.45, 2.75) is 45.1 Å². The summed E-state index contributed by atoms with van der Waals surface area (Å²) in [6, 6.07) is 8.48. The third kappa shape index (κ3) is 5.62. The highest BCUT2D eigenvalue weighted by Gasteiger charge is 2.31. The molecule has 2 N–H and O–H groups in total. The van der Waals surface area contributed by atoms with E-state index in [2.05, 4.69) is 10.6 Å². The van der Waals surface area contributed by atoms with Crippen LogP contribution >= 0.6 is 0 Å². The molecule has 4 rings (SSSR count). The molecule has 3 heterocycles. The van der Waals surface area contributed by atoms with E-state index in [0.717, 1.165) is 49.9 Å². The maximum absolute atomic E-state index is 13.4. The number of amides is 2. The van der Waals surface area contributed by atoms with Gasteiger partial charge in [-0.05, 0) is 57.2 Å². The SMILES string of the molecule is COC(=O)C(C#N)=C(Nc1ccc2cc(C)oc2c1)N[C@H]1CCCCN(CC(=O)N2CCCC2)C1=O. The minimum Gasteiger partial charge on any atom is -0.465 e. The minimum atomic E-state index is -0.829. The van der Waals surface area contributed by atoms with Crippen molar-refractivity contribution in [3.8, 4) is 6.07 Å². The number of aryl methyl sites for hydroxylation is 1. The third-order valence-electron chi connectivity index (χ3n) is 6.55. The van der Waals surface area contributed by atoms with E-state index in [9.17, 15) is 19.6 Å². The van der Waals surface area contributed by atoms with E-state index in [0.29, 0.717) is 24.2 Å². The summed E-state index contributed by atoms with van der Waals surface area (Å²) in [5.41, 5.74) is 0.925. The van der Waals surface area contributed by atoms with E-state index in [4.69, 9.17) is 9.15 Å². The number of carbonyl (C=O) groups is 3. The number of ether oxygens (including phenoxy) is 1. The zero-order valence-electron chi connectivity index (χ0n) is 20.6. The lowest BCUT2D eigenvalue weighted by molar-refractivity contribution is -0.140.